The first kappa shape index (κ1) is 119. The van der Waals surface area contributed by atoms with Crippen molar-refractivity contribution >= 4 is 348 Å². The molecular weight excluding hydrogens is 3390 g/mol. The van der Waals surface area contributed by atoms with Gasteiger partial charge in [0.2, 0.25) is 26.0 Å². The third-order valence-electron chi connectivity index (χ3n) is 18.3. The number of nitrogens with two attached hydrogens (primary N) is 3. The van der Waals surface area contributed by atoms with E-state index in [1.54, 1.807) is 153 Å². The van der Waals surface area contributed by atoms with E-state index in [1.807, 2.05) is 70.6 Å². The molecule has 137 heavy (non-hydrogen) atoms. The predicted molar refractivity (Wildman–Crippen MR) is 646 cm³/mol. The molecule has 1 aromatic heterocycles. The van der Waals surface area contributed by atoms with Crippen LogP contribution in [0.5, 0.6) is 103 Å². The summed E-state index contributed by atoms with van der Waals surface area (Å²) in [6.07, 6.45) is 4.61. The second kappa shape index (κ2) is 58.1. The highest BCUT2D eigenvalue weighted by Gasteiger charge is 2.29. The van der Waals surface area contributed by atoms with Crippen LogP contribution in [0.1, 0.15) is 64.6 Å². The smallest absolute Gasteiger partial charge is 0.246 e. The van der Waals surface area contributed by atoms with Crippen molar-refractivity contribution in [3.63, 3.8) is 0 Å². The van der Waals surface area contributed by atoms with Crippen LogP contribution in [0.15, 0.2) is 216 Å². The number of hydrogen-bond donors (Lipinski definition) is 13. The van der Waals surface area contributed by atoms with Gasteiger partial charge in [-0.3, -0.25) is 14.3 Å². The number of halogens is 14. The summed E-state index contributed by atoms with van der Waals surface area (Å²) < 4.78 is 105. The van der Waals surface area contributed by atoms with E-state index in [2.05, 4.69) is 328 Å². The number of ether oxygens (including phenoxy) is 6. The van der Waals surface area contributed by atoms with Crippen LogP contribution in [0.25, 0.3) is 0 Å². The molecule has 728 valence electrons. The van der Waals surface area contributed by atoms with Crippen LogP contribution in [0, 0.1) is 63.8 Å². The third-order valence-corrected chi connectivity index (χ3v) is 32.0. The number of phenolic OH excluding ortho intramolecular Hbond substituents is 6. The average Bonchev–Trinajstić information content (AvgIpc) is 1.68. The summed E-state index contributed by atoms with van der Waals surface area (Å²) in [5, 5.41) is 78.9. The minimum Gasteiger partial charge on any atom is -0.508 e. The number of phenols is 6. The number of amides is 1. The van der Waals surface area contributed by atoms with Crippen molar-refractivity contribution in [3.05, 3.63) is 301 Å². The zero-order chi connectivity index (χ0) is 101. The van der Waals surface area contributed by atoms with E-state index >= 15 is 0 Å². The molecule has 0 aliphatic heterocycles. The molecule has 0 radical (unpaired) electrons. The maximum atomic E-state index is 12.7. The van der Waals surface area contributed by atoms with Crippen LogP contribution in [0.3, 0.4) is 0 Å². The molecule has 0 aliphatic carbocycles. The summed E-state index contributed by atoms with van der Waals surface area (Å²) in [6.45, 7) is 5.73. The van der Waals surface area contributed by atoms with Gasteiger partial charge in [-0.25, -0.2) is 21.6 Å². The molecule has 12 aromatic carbocycles. The molecule has 27 nitrogen and oxygen atoms in total. The Kier molecular flexibility index (Phi) is 50.4. The predicted octanol–water partition coefficient (Wildman–Crippen LogP) is 24.4. The topological polar surface area (TPSA) is 448 Å². The van der Waals surface area contributed by atoms with Crippen LogP contribution < -0.4 is 55.1 Å². The number of benzene rings is 12. The van der Waals surface area contributed by atoms with Gasteiger partial charge in [-0.1, -0.05) is 12.1 Å². The number of carbonyl (C=O) groups excluding carboxylic acids is 2. The van der Waals surface area contributed by atoms with Gasteiger partial charge in [0.15, 0.2) is 40.3 Å². The van der Waals surface area contributed by atoms with Crippen molar-refractivity contribution < 1.29 is 100 Å². The van der Waals surface area contributed by atoms with E-state index in [9.17, 15) is 62.2 Å². The van der Waals surface area contributed by atoms with Gasteiger partial charge >= 0.3 is 0 Å². The van der Waals surface area contributed by atoms with Gasteiger partial charge in [-0.15, -0.1) is 0 Å². The zero-order valence-corrected chi connectivity index (χ0v) is 104. The normalized spacial score (nSPS) is 11.4. The van der Waals surface area contributed by atoms with Gasteiger partial charge in [0.1, 0.15) is 85.4 Å². The van der Waals surface area contributed by atoms with Crippen LogP contribution >= 0.6 is 316 Å². The Morgan fingerprint density at radius 1 is 0.401 bits per heavy atom. The van der Waals surface area contributed by atoms with Crippen molar-refractivity contribution in [1.82, 2.24) is 14.6 Å². The molecule has 0 saturated heterocycles. The number of aromatic nitrogens is 1. The Morgan fingerprint density at radius 2 is 0.701 bits per heavy atom. The number of nitrogens with one attached hydrogen (secondary N) is 2. The molecule has 0 aliphatic rings. The first-order valence-corrected chi connectivity index (χ1v) is 58.7. The van der Waals surface area contributed by atoms with Crippen molar-refractivity contribution in [2.45, 2.75) is 89.2 Å². The standard InChI is InChI=1S/C20H20I2N2O6S.C17H16I2O3.C15H12I3NO5S.C15H14I3NO3.C14H13I2NO2.C13H11I2NO2/c1-11-20(12(2)30-23-11)31(27,28)24-14(10-25)7-13-8-17(21)19(18(22)9-13)29-16-5-3-15(26)4-6-16;1-2-12(20)4-3-11-9-15(18)17(16(19)10-11)22-14-7-5-13(21)6-8-14;1-25(22,23)19-14(21)6-8-4-11(17)15(12(18)5-8)24-9-2-3-13(20)10(16)7-9;16-11-6-10(1-2-14(11)21)22-15-12(17)4-8(5-13(15)18)3-9(19)7-20;15-12-7-9(5-6-17)8-13(16)14(12)19-11-3-1-10(18)2-4-11;14-11-5-8(7-16)6-12(15)13(11)18-10-3-1-9(17)2-4-10/h3-6,8-9,14,24-26H,7,10H2,1-2H3;5-10,21H,2-4H2,1H3;2-5,7,20H,6H2,1H3,(H,19,21);1-2,4-6,9,20-21H,3,7,19H2;1-4,7-8,18H,5-6,17H2;1-6,17H,7,16H2/t14-;;;9-;;/m0..0../s1. The number of hydrogen-bond acceptors (Lipinski definition) is 25. The quantitative estimate of drug-likeness (QED) is 0.0179. The van der Waals surface area contributed by atoms with Gasteiger partial charge in [-0.05, 0) is 602 Å². The first-order chi connectivity index (χ1) is 64.7. The van der Waals surface area contributed by atoms with Crippen molar-refractivity contribution in [2.75, 3.05) is 26.0 Å². The van der Waals surface area contributed by atoms with E-state index in [4.69, 9.17) is 55.3 Å². The minimum absolute atomic E-state index is 0.00671. The summed E-state index contributed by atoms with van der Waals surface area (Å²) in [6, 6.07) is 59.2. The number of rotatable bonds is 31. The lowest BCUT2D eigenvalue weighted by molar-refractivity contribution is -0.119. The molecule has 0 fully saturated rings. The van der Waals surface area contributed by atoms with Gasteiger partial charge in [-0.2, -0.15) is 0 Å². The fourth-order valence-electron chi connectivity index (χ4n) is 11.9. The maximum absolute atomic E-state index is 12.7. The number of aryl methyl sites for hydroxylation is 3. The van der Waals surface area contributed by atoms with Gasteiger partial charge in [0.05, 0.1) is 75.9 Å². The zero-order valence-electron chi connectivity index (χ0n) is 72.2. The summed E-state index contributed by atoms with van der Waals surface area (Å²) in [7, 11) is -7.47. The summed E-state index contributed by atoms with van der Waals surface area (Å²) in [5.74, 6) is 9.62. The van der Waals surface area contributed by atoms with Crippen LogP contribution in [-0.2, 0) is 68.3 Å². The molecule has 43 heteroatoms. The van der Waals surface area contributed by atoms with Crippen LogP contribution in [-0.4, -0.2) is 113 Å². The highest BCUT2D eigenvalue weighted by atomic mass is 127. The Balaban J connectivity index is 0.000000204. The van der Waals surface area contributed by atoms with E-state index in [-0.39, 0.29) is 88.7 Å². The lowest BCUT2D eigenvalue weighted by Crippen LogP contribution is -2.39. The van der Waals surface area contributed by atoms with Gasteiger partial charge in [0, 0.05) is 31.5 Å². The van der Waals surface area contributed by atoms with E-state index in [0.29, 0.717) is 87.5 Å². The highest BCUT2D eigenvalue weighted by Crippen LogP contribution is 2.42. The van der Waals surface area contributed by atoms with Crippen LogP contribution in [0.2, 0.25) is 0 Å². The molecule has 0 saturated carbocycles. The number of Topliss-reactive ketones (excluding diaryl/α,β-unsaturated/α-hetero) is 1. The van der Waals surface area contributed by atoms with E-state index < -0.39 is 32.0 Å². The van der Waals surface area contributed by atoms with Crippen LogP contribution in [0.4, 0.5) is 0 Å². The van der Waals surface area contributed by atoms with Crippen molar-refractivity contribution in [3.8, 4) is 103 Å². The van der Waals surface area contributed by atoms with Gasteiger partial charge in [0.25, 0.3) is 0 Å². The molecule has 1 amide bonds. The SMILES string of the molecule is CCC(=O)CCc1cc(I)c(Oc2ccc(O)cc2)c(I)c1.CS(=O)(=O)NC(=O)Cc1cc(I)c(Oc2ccc(O)c(I)c2)c(I)c1.Cc1noc(C)c1S(=O)(=O)N[C@H](CO)Cc1cc(I)c(Oc2ccc(O)cc2)c(I)c1.NCCc1cc(I)c(Oc2ccc(O)cc2)c(I)c1.NCc1cc(I)c(Oc2ccc(O)cc2)c(I)c1.N[C@H](CO)Cc1cc(I)c(Oc2ccc(O)c(I)c2)c(I)c1. The summed E-state index contributed by atoms with van der Waals surface area (Å²) in [4.78, 5) is 23.2. The lowest BCUT2D eigenvalue weighted by atomic mass is 10.1. The van der Waals surface area contributed by atoms with Crippen molar-refractivity contribution in [2.24, 2.45) is 17.2 Å². The number of ketones is 1. The number of aliphatic hydroxyl groups excluding tert-OH is 2. The molecule has 0 bridgehead atoms. The van der Waals surface area contributed by atoms with Crippen molar-refractivity contribution in [1.29, 1.82) is 0 Å². The lowest BCUT2D eigenvalue weighted by Gasteiger charge is -2.18. The Morgan fingerprint density at radius 3 is 0.985 bits per heavy atom. The Hall–Kier alpha value is -3.53. The molecule has 13 rings (SSSR count). The monoisotopic (exact) mass is 3480 g/mol. The number of aliphatic hydroxyl groups is 2. The maximum Gasteiger partial charge on any atom is 0.246 e. The minimum atomic E-state index is -3.90. The average molecular weight is 3480 g/mol. The number of carbonyl (C=O) groups is 2. The highest BCUT2D eigenvalue weighted by molar-refractivity contribution is 14.1. The first-order valence-electron chi connectivity index (χ1n) is 40.2. The Bertz CT molecular complexity index is 6430. The number of nitrogens with zero attached hydrogens (tertiary/aromatic N) is 1. The van der Waals surface area contributed by atoms with E-state index in [0.717, 1.165) is 111 Å². The summed E-state index contributed by atoms with van der Waals surface area (Å²) >= 11 is 30.5. The largest absolute Gasteiger partial charge is 0.508 e. The molecule has 2 atom stereocenters. The molecule has 0 unspecified atom stereocenters. The molecule has 13 aromatic rings. The Labute approximate surface area is 984 Å². The second-order valence-corrected chi connectivity index (χ2v) is 48.9. The van der Waals surface area contributed by atoms with Gasteiger partial charge < -0.3 is 91.0 Å². The number of sulfonamides is 2. The van der Waals surface area contributed by atoms with E-state index in [1.165, 1.54) is 12.5 Å². The molecule has 0 spiro atoms. The third kappa shape index (κ3) is 39.3. The fourth-order valence-corrected chi connectivity index (χ4v) is 27.6. The molecule has 16 N–H and O–H groups in total. The fraction of sp³-hybridized carbons (Fsp3) is 0.181. The molecule has 1 heterocycles. The summed E-state index contributed by atoms with van der Waals surface area (Å²) in [5.41, 5.74) is 23.3. The number of aromatic hydroxyl groups is 6. The second-order valence-electron chi connectivity index (χ2n) is 29.3. The molecular formula is C94H86I14N6O21S2.